The third kappa shape index (κ3) is 4.19. The fourth-order valence-electron chi connectivity index (χ4n) is 1.89. The summed E-state index contributed by atoms with van der Waals surface area (Å²) in [4.78, 5) is 0. The first-order chi connectivity index (χ1) is 10.3. The van der Waals surface area contributed by atoms with Crippen molar-refractivity contribution in [2.75, 3.05) is 13.2 Å². The minimum atomic E-state index is 0.226. The van der Waals surface area contributed by atoms with Crippen molar-refractivity contribution in [3.05, 3.63) is 35.5 Å². The van der Waals surface area contributed by atoms with E-state index >= 15 is 0 Å². The smallest absolute Gasteiger partial charge is 0.253 e. The largest absolute Gasteiger partial charge is 0.490 e. The Bertz CT molecular complexity index is 569. The van der Waals surface area contributed by atoms with Crippen LogP contribution in [0.5, 0.6) is 11.5 Å². The van der Waals surface area contributed by atoms with Crippen molar-refractivity contribution in [1.82, 2.24) is 10.2 Å². The summed E-state index contributed by atoms with van der Waals surface area (Å²) in [6.45, 7) is 5.30. The van der Waals surface area contributed by atoms with E-state index in [-0.39, 0.29) is 6.61 Å². The van der Waals surface area contributed by atoms with Crippen LogP contribution in [0.4, 0.5) is 0 Å². The van der Waals surface area contributed by atoms with Crippen LogP contribution in [0.25, 0.3) is 0 Å². The second kappa shape index (κ2) is 7.64. The van der Waals surface area contributed by atoms with Gasteiger partial charge in [-0.3, -0.25) is 0 Å². The van der Waals surface area contributed by atoms with E-state index in [1.807, 2.05) is 32.0 Å². The molecule has 0 bridgehead atoms. The zero-order valence-electron chi connectivity index (χ0n) is 12.5. The van der Waals surface area contributed by atoms with Gasteiger partial charge >= 0.3 is 0 Å². The van der Waals surface area contributed by atoms with E-state index in [2.05, 4.69) is 10.2 Å². The number of hydrogen-bond donors (Lipinski definition) is 1. The lowest BCUT2D eigenvalue weighted by atomic mass is 10.1. The second-order valence-corrected chi connectivity index (χ2v) is 4.48. The number of nitrogens with zero attached hydrogens (tertiary/aromatic N) is 2. The average Bonchev–Trinajstić information content (AvgIpc) is 2.95. The van der Waals surface area contributed by atoms with Gasteiger partial charge in [0.15, 0.2) is 18.1 Å². The van der Waals surface area contributed by atoms with Crippen LogP contribution in [-0.2, 0) is 19.4 Å². The average molecular weight is 291 g/mol. The van der Waals surface area contributed by atoms with E-state index in [4.69, 9.17) is 19.6 Å². The molecule has 1 heterocycles. The molecule has 0 atom stereocenters. The van der Waals surface area contributed by atoms with E-state index in [0.717, 1.165) is 12.0 Å². The Morgan fingerprint density at radius 2 is 1.90 bits per heavy atom. The number of benzene rings is 1. The fraction of sp³-hybridized carbons (Fsp3) is 0.467. The van der Waals surface area contributed by atoms with Gasteiger partial charge in [0, 0.05) is 6.42 Å². The molecule has 0 amide bonds. The van der Waals surface area contributed by atoms with Gasteiger partial charge in [-0.1, -0.05) is 13.0 Å². The van der Waals surface area contributed by atoms with Crippen LogP contribution in [0.2, 0.25) is 0 Å². The van der Waals surface area contributed by atoms with Crippen LogP contribution in [0, 0.1) is 0 Å². The summed E-state index contributed by atoms with van der Waals surface area (Å²) in [5.41, 5.74) is 6.70. The summed E-state index contributed by atoms with van der Waals surface area (Å²) < 4.78 is 16.7. The SMILES string of the molecule is CCOc1cc(CCN)ccc1OCc1nnc(CC)o1. The zero-order chi connectivity index (χ0) is 15.1. The lowest BCUT2D eigenvalue weighted by molar-refractivity contribution is 0.239. The summed E-state index contributed by atoms with van der Waals surface area (Å²) in [7, 11) is 0. The molecule has 0 aliphatic rings. The van der Waals surface area contributed by atoms with Gasteiger partial charge in [-0.15, -0.1) is 10.2 Å². The monoisotopic (exact) mass is 291 g/mol. The molecule has 0 saturated heterocycles. The van der Waals surface area contributed by atoms with Gasteiger partial charge in [-0.2, -0.15) is 0 Å². The Hall–Kier alpha value is -2.08. The maximum atomic E-state index is 5.71. The predicted molar refractivity (Wildman–Crippen MR) is 78.4 cm³/mol. The molecule has 114 valence electrons. The van der Waals surface area contributed by atoms with E-state index < -0.39 is 0 Å². The molecule has 0 fully saturated rings. The third-order valence-corrected chi connectivity index (χ3v) is 2.90. The van der Waals surface area contributed by atoms with Crippen molar-refractivity contribution in [2.24, 2.45) is 5.73 Å². The molecule has 6 nitrogen and oxygen atoms in total. The number of nitrogens with two attached hydrogens (primary N) is 1. The number of aryl methyl sites for hydroxylation is 1. The molecule has 1 aromatic carbocycles. The topological polar surface area (TPSA) is 83.4 Å². The molecule has 2 aromatic rings. The quantitative estimate of drug-likeness (QED) is 0.802. The highest BCUT2D eigenvalue weighted by molar-refractivity contribution is 5.43. The highest BCUT2D eigenvalue weighted by Crippen LogP contribution is 2.29. The Balaban J connectivity index is 2.07. The van der Waals surface area contributed by atoms with Gasteiger partial charge in [0.1, 0.15) is 0 Å². The summed E-state index contributed by atoms with van der Waals surface area (Å²) in [6, 6.07) is 5.82. The first kappa shape index (κ1) is 15.3. The van der Waals surface area contributed by atoms with Gasteiger partial charge in [0.2, 0.25) is 5.89 Å². The molecule has 2 N–H and O–H groups in total. The van der Waals surface area contributed by atoms with Crippen molar-refractivity contribution in [1.29, 1.82) is 0 Å². The lowest BCUT2D eigenvalue weighted by Crippen LogP contribution is -2.04. The van der Waals surface area contributed by atoms with E-state index in [1.54, 1.807) is 0 Å². The van der Waals surface area contributed by atoms with Gasteiger partial charge in [0.05, 0.1) is 6.61 Å². The van der Waals surface area contributed by atoms with Crippen LogP contribution in [0.3, 0.4) is 0 Å². The summed E-state index contributed by atoms with van der Waals surface area (Å²) in [5, 5.41) is 7.83. The highest BCUT2D eigenvalue weighted by atomic mass is 16.5. The minimum absolute atomic E-state index is 0.226. The standard InChI is InChI=1S/C15H21N3O3/c1-3-14-17-18-15(21-14)10-20-12-6-5-11(7-8-16)9-13(12)19-4-2/h5-6,9H,3-4,7-8,10,16H2,1-2H3. The van der Waals surface area contributed by atoms with Crippen LogP contribution in [0.15, 0.2) is 22.6 Å². The van der Waals surface area contributed by atoms with Crippen molar-refractivity contribution >= 4 is 0 Å². The van der Waals surface area contributed by atoms with Crippen LogP contribution >= 0.6 is 0 Å². The summed E-state index contributed by atoms with van der Waals surface area (Å²) in [6.07, 6.45) is 1.52. The number of ether oxygens (including phenoxy) is 2. The van der Waals surface area contributed by atoms with Crippen molar-refractivity contribution in [3.63, 3.8) is 0 Å². The highest BCUT2D eigenvalue weighted by Gasteiger charge is 2.09. The fourth-order valence-corrected chi connectivity index (χ4v) is 1.89. The Kier molecular flexibility index (Phi) is 5.57. The van der Waals surface area contributed by atoms with E-state index in [0.29, 0.717) is 42.9 Å². The maximum absolute atomic E-state index is 5.71. The molecule has 2 rings (SSSR count). The Labute approximate surface area is 124 Å². The van der Waals surface area contributed by atoms with Crippen LogP contribution in [0.1, 0.15) is 31.2 Å². The number of rotatable bonds is 8. The maximum Gasteiger partial charge on any atom is 0.253 e. The number of aromatic nitrogens is 2. The Morgan fingerprint density at radius 3 is 2.57 bits per heavy atom. The Morgan fingerprint density at radius 1 is 1.10 bits per heavy atom. The molecule has 21 heavy (non-hydrogen) atoms. The van der Waals surface area contributed by atoms with Gasteiger partial charge in [-0.05, 0) is 37.6 Å². The first-order valence-electron chi connectivity index (χ1n) is 7.16. The lowest BCUT2D eigenvalue weighted by Gasteiger charge is -2.12. The van der Waals surface area contributed by atoms with E-state index in [1.165, 1.54) is 0 Å². The van der Waals surface area contributed by atoms with Crippen LogP contribution < -0.4 is 15.2 Å². The zero-order valence-corrected chi connectivity index (χ0v) is 12.5. The van der Waals surface area contributed by atoms with Crippen molar-refractivity contribution in [2.45, 2.75) is 33.3 Å². The molecule has 0 aliphatic heterocycles. The molecule has 6 heteroatoms. The van der Waals surface area contributed by atoms with Gasteiger partial charge in [0.25, 0.3) is 5.89 Å². The summed E-state index contributed by atoms with van der Waals surface area (Å²) in [5.74, 6) is 2.44. The molecule has 0 spiro atoms. The normalized spacial score (nSPS) is 10.6. The molecular formula is C15H21N3O3. The van der Waals surface area contributed by atoms with Crippen molar-refractivity contribution in [3.8, 4) is 11.5 Å². The van der Waals surface area contributed by atoms with Gasteiger partial charge < -0.3 is 19.6 Å². The predicted octanol–water partition coefficient (Wildman–Crippen LogP) is 2.11. The molecule has 0 aliphatic carbocycles. The first-order valence-corrected chi connectivity index (χ1v) is 7.16. The molecule has 0 unspecified atom stereocenters. The number of hydrogen-bond acceptors (Lipinski definition) is 6. The molecule has 1 aromatic heterocycles. The van der Waals surface area contributed by atoms with Gasteiger partial charge in [-0.25, -0.2) is 0 Å². The third-order valence-electron chi connectivity index (χ3n) is 2.90. The van der Waals surface area contributed by atoms with Crippen molar-refractivity contribution < 1.29 is 13.9 Å². The molecular weight excluding hydrogens is 270 g/mol. The minimum Gasteiger partial charge on any atom is -0.490 e. The van der Waals surface area contributed by atoms with Crippen LogP contribution in [-0.4, -0.2) is 23.3 Å². The molecule has 0 radical (unpaired) electrons. The molecule has 0 saturated carbocycles. The second-order valence-electron chi connectivity index (χ2n) is 4.48. The summed E-state index contributed by atoms with van der Waals surface area (Å²) >= 11 is 0. The van der Waals surface area contributed by atoms with E-state index in [9.17, 15) is 0 Å².